The Morgan fingerprint density at radius 1 is 1.15 bits per heavy atom. The number of benzene rings is 1. The summed E-state index contributed by atoms with van der Waals surface area (Å²) in [7, 11) is 3.07. The second kappa shape index (κ2) is 7.61. The molecule has 8 nitrogen and oxygen atoms in total. The molecule has 0 aliphatic rings. The molecule has 9 heteroatoms. The zero-order valence-electron chi connectivity index (χ0n) is 14.6. The highest BCUT2D eigenvalue weighted by molar-refractivity contribution is 7.98. The molecule has 26 heavy (non-hydrogen) atoms. The van der Waals surface area contributed by atoms with Crippen molar-refractivity contribution < 1.29 is 9.15 Å². The third-order valence-electron chi connectivity index (χ3n) is 3.79. The Balaban J connectivity index is 1.80. The van der Waals surface area contributed by atoms with Gasteiger partial charge >= 0.3 is 5.69 Å². The van der Waals surface area contributed by atoms with Gasteiger partial charge in [0.25, 0.3) is 16.7 Å². The van der Waals surface area contributed by atoms with Gasteiger partial charge in [-0.3, -0.25) is 13.9 Å². The van der Waals surface area contributed by atoms with E-state index < -0.39 is 0 Å². The van der Waals surface area contributed by atoms with Gasteiger partial charge in [-0.2, -0.15) is 0 Å². The quantitative estimate of drug-likeness (QED) is 0.608. The fourth-order valence-corrected chi connectivity index (χ4v) is 3.14. The molecule has 0 radical (unpaired) electrons. The Labute approximate surface area is 153 Å². The highest BCUT2D eigenvalue weighted by atomic mass is 32.2. The van der Waals surface area contributed by atoms with E-state index in [9.17, 15) is 9.59 Å². The average Bonchev–Trinajstić information content (AvgIpc) is 3.11. The molecule has 0 fully saturated rings. The zero-order valence-corrected chi connectivity index (χ0v) is 15.4. The monoisotopic (exact) mass is 374 g/mol. The van der Waals surface area contributed by atoms with Crippen LogP contribution in [0, 0.1) is 0 Å². The Bertz CT molecular complexity index is 1040. The van der Waals surface area contributed by atoms with Crippen LogP contribution < -0.4 is 16.0 Å². The molecule has 0 amide bonds. The summed E-state index contributed by atoms with van der Waals surface area (Å²) < 4.78 is 13.8. The van der Waals surface area contributed by atoms with Crippen LogP contribution in [0.2, 0.25) is 0 Å². The van der Waals surface area contributed by atoms with Gasteiger partial charge in [0.1, 0.15) is 5.75 Å². The lowest BCUT2D eigenvalue weighted by atomic mass is 10.2. The molecule has 0 saturated heterocycles. The van der Waals surface area contributed by atoms with Gasteiger partial charge in [-0.1, -0.05) is 23.9 Å². The maximum absolute atomic E-state index is 12.0. The second-order valence-electron chi connectivity index (χ2n) is 5.47. The van der Waals surface area contributed by atoms with E-state index in [-0.39, 0.29) is 11.2 Å². The standard InChI is InChI=1S/C17H18N4O4S/c1-4-24-13-8-6-5-7-12(13)15-18-19-16(25-15)26-10-11-9-14(22)21(3)17(23)20(11)2/h5-9H,4,10H2,1-3H3. The Kier molecular flexibility index (Phi) is 5.27. The van der Waals surface area contributed by atoms with Crippen molar-refractivity contribution in [2.45, 2.75) is 17.9 Å². The topological polar surface area (TPSA) is 92.2 Å². The van der Waals surface area contributed by atoms with E-state index in [1.165, 1.54) is 29.4 Å². The zero-order chi connectivity index (χ0) is 18.7. The Morgan fingerprint density at radius 2 is 1.92 bits per heavy atom. The van der Waals surface area contributed by atoms with E-state index in [0.717, 1.165) is 10.1 Å². The lowest BCUT2D eigenvalue weighted by molar-refractivity contribution is 0.340. The number of hydrogen-bond donors (Lipinski definition) is 0. The van der Waals surface area contributed by atoms with Crippen molar-refractivity contribution in [2.75, 3.05) is 6.61 Å². The van der Waals surface area contributed by atoms with Gasteiger partial charge < -0.3 is 9.15 Å². The molecule has 0 aliphatic heterocycles. The van der Waals surface area contributed by atoms with Gasteiger partial charge in [0.2, 0.25) is 0 Å². The number of rotatable bonds is 6. The summed E-state index contributed by atoms with van der Waals surface area (Å²) in [6.45, 7) is 2.43. The van der Waals surface area contributed by atoms with Gasteiger partial charge in [0, 0.05) is 31.6 Å². The van der Waals surface area contributed by atoms with Gasteiger partial charge in [-0.25, -0.2) is 4.79 Å². The van der Waals surface area contributed by atoms with E-state index in [4.69, 9.17) is 9.15 Å². The summed E-state index contributed by atoms with van der Waals surface area (Å²) in [5, 5.41) is 8.43. The predicted octanol–water partition coefficient (Wildman–Crippen LogP) is 1.82. The molecule has 3 rings (SSSR count). The molecule has 0 saturated carbocycles. The highest BCUT2D eigenvalue weighted by Gasteiger charge is 2.14. The molecule has 0 unspecified atom stereocenters. The molecular formula is C17H18N4O4S. The fourth-order valence-electron chi connectivity index (χ4n) is 2.35. The van der Waals surface area contributed by atoms with Crippen molar-refractivity contribution >= 4 is 11.8 Å². The molecule has 0 bridgehead atoms. The molecule has 1 aromatic carbocycles. The van der Waals surface area contributed by atoms with Crippen LogP contribution in [0.3, 0.4) is 0 Å². The lowest BCUT2D eigenvalue weighted by Crippen LogP contribution is -2.37. The summed E-state index contributed by atoms with van der Waals surface area (Å²) in [5.74, 6) is 1.38. The normalized spacial score (nSPS) is 10.9. The van der Waals surface area contributed by atoms with Crippen molar-refractivity contribution in [2.24, 2.45) is 14.1 Å². The van der Waals surface area contributed by atoms with Crippen LogP contribution in [0.15, 0.2) is 49.6 Å². The number of nitrogens with zero attached hydrogens (tertiary/aromatic N) is 4. The van der Waals surface area contributed by atoms with Crippen molar-refractivity contribution in [1.82, 2.24) is 19.3 Å². The predicted molar refractivity (Wildman–Crippen MR) is 97.4 cm³/mol. The van der Waals surface area contributed by atoms with Crippen LogP contribution in [-0.4, -0.2) is 25.9 Å². The van der Waals surface area contributed by atoms with E-state index >= 15 is 0 Å². The van der Waals surface area contributed by atoms with Crippen LogP contribution in [0.5, 0.6) is 5.75 Å². The summed E-state index contributed by atoms with van der Waals surface area (Å²) in [4.78, 5) is 23.7. The highest BCUT2D eigenvalue weighted by Crippen LogP contribution is 2.31. The first-order valence-electron chi connectivity index (χ1n) is 7.95. The van der Waals surface area contributed by atoms with Gasteiger partial charge in [-0.05, 0) is 19.1 Å². The molecule has 2 aromatic heterocycles. The number of aromatic nitrogens is 4. The fraction of sp³-hybridized carbons (Fsp3) is 0.294. The molecule has 2 heterocycles. The minimum Gasteiger partial charge on any atom is -0.493 e. The third-order valence-corrected chi connectivity index (χ3v) is 4.64. The number of thioether (sulfide) groups is 1. The van der Waals surface area contributed by atoms with Crippen LogP contribution in [0.4, 0.5) is 0 Å². The number of para-hydroxylation sites is 1. The van der Waals surface area contributed by atoms with Gasteiger partial charge in [-0.15, -0.1) is 10.2 Å². The van der Waals surface area contributed by atoms with Crippen molar-refractivity contribution in [1.29, 1.82) is 0 Å². The minimum absolute atomic E-state index is 0.347. The van der Waals surface area contributed by atoms with Gasteiger partial charge in [0.05, 0.1) is 12.2 Å². The SMILES string of the molecule is CCOc1ccccc1-c1nnc(SCc2cc(=O)n(C)c(=O)n2C)o1. The summed E-state index contributed by atoms with van der Waals surface area (Å²) in [6, 6.07) is 8.85. The molecule has 0 spiro atoms. The lowest BCUT2D eigenvalue weighted by Gasteiger charge is -2.07. The van der Waals surface area contributed by atoms with Crippen LogP contribution >= 0.6 is 11.8 Å². The molecular weight excluding hydrogens is 356 g/mol. The maximum Gasteiger partial charge on any atom is 0.330 e. The van der Waals surface area contributed by atoms with E-state index in [1.54, 1.807) is 7.05 Å². The van der Waals surface area contributed by atoms with Crippen molar-refractivity contribution in [3.63, 3.8) is 0 Å². The second-order valence-corrected chi connectivity index (χ2v) is 6.39. The summed E-state index contributed by atoms with van der Waals surface area (Å²) >= 11 is 1.26. The van der Waals surface area contributed by atoms with E-state index in [0.29, 0.717) is 34.9 Å². The first-order chi connectivity index (χ1) is 12.5. The summed E-state index contributed by atoms with van der Waals surface area (Å²) in [5.41, 5.74) is 0.581. The molecule has 0 atom stereocenters. The molecule has 3 aromatic rings. The largest absolute Gasteiger partial charge is 0.493 e. The first kappa shape index (κ1) is 18.0. The minimum atomic E-state index is -0.370. The van der Waals surface area contributed by atoms with Gasteiger partial charge in [0.15, 0.2) is 0 Å². The smallest absolute Gasteiger partial charge is 0.330 e. The number of ether oxygens (including phenoxy) is 1. The van der Waals surface area contributed by atoms with Crippen molar-refractivity contribution in [3.05, 3.63) is 56.9 Å². The van der Waals surface area contributed by atoms with E-state index in [2.05, 4.69) is 10.2 Å². The molecule has 136 valence electrons. The summed E-state index contributed by atoms with van der Waals surface area (Å²) in [6.07, 6.45) is 0. The average molecular weight is 374 g/mol. The van der Waals surface area contributed by atoms with Crippen LogP contribution in [-0.2, 0) is 19.8 Å². The molecule has 0 N–H and O–H groups in total. The maximum atomic E-state index is 12.0. The van der Waals surface area contributed by atoms with Crippen LogP contribution in [0.1, 0.15) is 12.6 Å². The number of hydrogen-bond acceptors (Lipinski definition) is 7. The Hall–Kier alpha value is -2.81. The Morgan fingerprint density at radius 3 is 2.69 bits per heavy atom. The molecule has 0 aliphatic carbocycles. The van der Waals surface area contributed by atoms with E-state index in [1.807, 2.05) is 31.2 Å². The first-order valence-corrected chi connectivity index (χ1v) is 8.94. The van der Waals surface area contributed by atoms with Crippen molar-refractivity contribution in [3.8, 4) is 17.2 Å². The van der Waals surface area contributed by atoms with Crippen LogP contribution in [0.25, 0.3) is 11.5 Å². The third kappa shape index (κ3) is 3.57.